The van der Waals surface area contributed by atoms with Gasteiger partial charge < -0.3 is 19.7 Å². The molecule has 2 atom stereocenters. The van der Waals surface area contributed by atoms with Gasteiger partial charge in [0.05, 0.1) is 11.7 Å². The highest BCUT2D eigenvalue weighted by atomic mass is 16.5. The smallest absolute Gasteiger partial charge is 0.276 e. The van der Waals surface area contributed by atoms with Crippen LogP contribution in [-0.4, -0.2) is 43.5 Å². The second-order valence-corrected chi connectivity index (χ2v) is 7.70. The monoisotopic (exact) mass is 391 g/mol. The molecule has 2 aromatic heterocycles. The summed E-state index contributed by atoms with van der Waals surface area (Å²) in [6.07, 6.45) is 2.31. The Morgan fingerprint density at radius 2 is 1.93 bits per heavy atom. The van der Waals surface area contributed by atoms with Gasteiger partial charge in [0.1, 0.15) is 17.3 Å². The first-order chi connectivity index (χ1) is 14.0. The van der Waals surface area contributed by atoms with Crippen LogP contribution in [0.25, 0.3) is 11.4 Å². The largest absolute Gasteiger partial charge is 0.364 e. The highest BCUT2D eigenvalue weighted by Gasteiger charge is 2.43. The van der Waals surface area contributed by atoms with Crippen molar-refractivity contribution in [1.29, 1.82) is 0 Å². The highest BCUT2D eigenvalue weighted by molar-refractivity contribution is 5.94. The molecule has 8 nitrogen and oxygen atoms in total. The molecule has 1 saturated heterocycles. The zero-order valence-electron chi connectivity index (χ0n) is 16.0. The van der Waals surface area contributed by atoms with Gasteiger partial charge in [0.15, 0.2) is 5.69 Å². The third-order valence-electron chi connectivity index (χ3n) is 5.86. The summed E-state index contributed by atoms with van der Waals surface area (Å²) in [5.41, 5.74) is 7.99. The number of rotatable bonds is 3. The van der Waals surface area contributed by atoms with Crippen molar-refractivity contribution >= 4 is 11.8 Å². The van der Waals surface area contributed by atoms with E-state index < -0.39 is 5.91 Å². The van der Waals surface area contributed by atoms with E-state index in [2.05, 4.69) is 14.7 Å². The summed E-state index contributed by atoms with van der Waals surface area (Å²) in [6, 6.07) is 11.4. The van der Waals surface area contributed by atoms with Crippen LogP contribution in [0.1, 0.15) is 45.3 Å². The summed E-state index contributed by atoms with van der Waals surface area (Å²) in [4.78, 5) is 31.8. The molecule has 0 aliphatic carbocycles. The second kappa shape index (κ2) is 6.58. The minimum atomic E-state index is -0.543. The number of carbonyl (C=O) groups excluding carboxylic acids is 2. The molecule has 1 aromatic carbocycles. The molecule has 8 heteroatoms. The fourth-order valence-electron chi connectivity index (χ4n) is 4.60. The topological polar surface area (TPSA) is 107 Å². The number of aromatic nitrogens is 3. The van der Waals surface area contributed by atoms with Crippen LogP contribution in [0.5, 0.6) is 0 Å². The Kier molecular flexibility index (Phi) is 4.01. The molecule has 2 bridgehead atoms. The Labute approximate surface area is 167 Å². The van der Waals surface area contributed by atoms with Gasteiger partial charge in [0.2, 0.25) is 0 Å². The van der Waals surface area contributed by atoms with E-state index in [0.717, 1.165) is 24.1 Å². The molecular formula is C21H21N5O3. The van der Waals surface area contributed by atoms with Crippen LogP contribution in [-0.2, 0) is 13.0 Å². The Balaban J connectivity index is 1.58. The Morgan fingerprint density at radius 3 is 2.62 bits per heavy atom. The lowest BCUT2D eigenvalue weighted by molar-refractivity contribution is 0.0655. The number of nitrogens with zero attached hydrogens (tertiary/aromatic N) is 4. The standard InChI is InChI=1S/C21H21N5O3/c1-12-9-16(24-29-12)21(28)26-14-7-8-15(26)11-25-17(10-14)18(19(22)27)23-20(25)13-5-3-2-4-6-13/h2-6,9,14-15H,7-8,10-11H2,1H3,(H2,22,27)/t14-,15+/m0/s1. The molecule has 148 valence electrons. The van der Waals surface area contributed by atoms with Gasteiger partial charge in [-0.05, 0) is 19.8 Å². The molecule has 3 aromatic rings. The van der Waals surface area contributed by atoms with E-state index in [1.54, 1.807) is 13.0 Å². The summed E-state index contributed by atoms with van der Waals surface area (Å²) in [5, 5.41) is 3.91. The van der Waals surface area contributed by atoms with Gasteiger partial charge in [0.25, 0.3) is 11.8 Å². The number of fused-ring (bicyclic) bond motifs is 3. The number of benzene rings is 1. The van der Waals surface area contributed by atoms with E-state index in [-0.39, 0.29) is 18.0 Å². The summed E-state index contributed by atoms with van der Waals surface area (Å²) >= 11 is 0. The highest BCUT2D eigenvalue weighted by Crippen LogP contribution is 2.36. The molecular weight excluding hydrogens is 370 g/mol. The maximum Gasteiger partial charge on any atom is 0.276 e. The number of primary amides is 1. The lowest BCUT2D eigenvalue weighted by Crippen LogP contribution is -2.42. The maximum absolute atomic E-state index is 13.2. The number of carbonyl (C=O) groups is 2. The van der Waals surface area contributed by atoms with Crippen molar-refractivity contribution in [3.8, 4) is 11.4 Å². The summed E-state index contributed by atoms with van der Waals surface area (Å²) in [7, 11) is 0. The number of hydrogen-bond donors (Lipinski definition) is 1. The molecule has 2 aliphatic rings. The zero-order valence-corrected chi connectivity index (χ0v) is 16.0. The maximum atomic E-state index is 13.2. The summed E-state index contributed by atoms with van der Waals surface area (Å²) < 4.78 is 7.16. The first kappa shape index (κ1) is 17.7. The van der Waals surface area contributed by atoms with E-state index in [1.165, 1.54) is 0 Å². The first-order valence-electron chi connectivity index (χ1n) is 9.73. The average molecular weight is 391 g/mol. The predicted molar refractivity (Wildman–Crippen MR) is 104 cm³/mol. The second-order valence-electron chi connectivity index (χ2n) is 7.70. The fraction of sp³-hybridized carbons (Fsp3) is 0.333. The number of hydrogen-bond acceptors (Lipinski definition) is 5. The molecule has 5 rings (SSSR count). The summed E-state index contributed by atoms with van der Waals surface area (Å²) in [5.74, 6) is 0.647. The van der Waals surface area contributed by atoms with Gasteiger partial charge in [-0.1, -0.05) is 35.5 Å². The van der Waals surface area contributed by atoms with Gasteiger partial charge in [0, 0.05) is 30.6 Å². The molecule has 2 aliphatic heterocycles. The van der Waals surface area contributed by atoms with Crippen molar-refractivity contribution in [2.75, 3.05) is 0 Å². The van der Waals surface area contributed by atoms with Crippen molar-refractivity contribution in [2.24, 2.45) is 5.73 Å². The Hall–Kier alpha value is -3.42. The molecule has 0 spiro atoms. The van der Waals surface area contributed by atoms with Crippen LogP contribution in [0.2, 0.25) is 0 Å². The number of nitrogens with two attached hydrogens (primary N) is 1. The van der Waals surface area contributed by atoms with Crippen molar-refractivity contribution in [3.05, 3.63) is 59.2 Å². The van der Waals surface area contributed by atoms with Crippen LogP contribution in [0.3, 0.4) is 0 Å². The van der Waals surface area contributed by atoms with E-state index in [4.69, 9.17) is 10.3 Å². The number of amides is 2. The van der Waals surface area contributed by atoms with Crippen molar-refractivity contribution in [2.45, 2.75) is 44.8 Å². The third kappa shape index (κ3) is 2.83. The molecule has 0 radical (unpaired) electrons. The van der Waals surface area contributed by atoms with Crippen LogP contribution in [0.4, 0.5) is 0 Å². The Bertz CT molecular complexity index is 1100. The van der Waals surface area contributed by atoms with E-state index >= 15 is 0 Å². The minimum Gasteiger partial charge on any atom is -0.364 e. The number of aryl methyl sites for hydroxylation is 1. The zero-order chi connectivity index (χ0) is 20.1. The first-order valence-corrected chi connectivity index (χ1v) is 9.73. The molecule has 0 saturated carbocycles. The SMILES string of the molecule is Cc1cc(C(=O)N2[C@@H]3CC[C@H]2Cc2c(C(N)=O)nc(-c4ccccc4)n2C3)no1. The molecule has 4 heterocycles. The van der Waals surface area contributed by atoms with Crippen LogP contribution >= 0.6 is 0 Å². The molecule has 1 fully saturated rings. The normalized spacial score (nSPS) is 20.4. The van der Waals surface area contributed by atoms with Crippen LogP contribution in [0.15, 0.2) is 40.9 Å². The fourth-order valence-corrected chi connectivity index (χ4v) is 4.60. The third-order valence-corrected chi connectivity index (χ3v) is 5.86. The number of imidazole rings is 1. The quantitative estimate of drug-likeness (QED) is 0.736. The molecule has 2 amide bonds. The molecule has 29 heavy (non-hydrogen) atoms. The molecule has 2 N–H and O–H groups in total. The van der Waals surface area contributed by atoms with Crippen LogP contribution in [0, 0.1) is 6.92 Å². The van der Waals surface area contributed by atoms with Crippen molar-refractivity contribution in [1.82, 2.24) is 19.6 Å². The van der Waals surface area contributed by atoms with E-state index in [0.29, 0.717) is 35.9 Å². The van der Waals surface area contributed by atoms with Gasteiger partial charge in [-0.2, -0.15) is 0 Å². The van der Waals surface area contributed by atoms with Crippen LogP contribution < -0.4 is 5.73 Å². The lowest BCUT2D eigenvalue weighted by atomic mass is 10.1. The van der Waals surface area contributed by atoms with Gasteiger partial charge in [-0.15, -0.1) is 0 Å². The van der Waals surface area contributed by atoms with E-state index in [1.807, 2.05) is 35.2 Å². The van der Waals surface area contributed by atoms with Gasteiger partial charge in [-0.25, -0.2) is 4.98 Å². The van der Waals surface area contributed by atoms with E-state index in [9.17, 15) is 9.59 Å². The van der Waals surface area contributed by atoms with Crippen molar-refractivity contribution < 1.29 is 14.1 Å². The van der Waals surface area contributed by atoms with Crippen molar-refractivity contribution in [3.63, 3.8) is 0 Å². The lowest BCUT2D eigenvalue weighted by Gasteiger charge is -2.27. The van der Waals surface area contributed by atoms with Gasteiger partial charge >= 0.3 is 0 Å². The summed E-state index contributed by atoms with van der Waals surface area (Å²) in [6.45, 7) is 2.34. The minimum absolute atomic E-state index is 0.00291. The average Bonchev–Trinajstić information content (AvgIpc) is 3.37. The van der Waals surface area contributed by atoms with Gasteiger partial charge in [-0.3, -0.25) is 9.59 Å². The Morgan fingerprint density at radius 1 is 1.17 bits per heavy atom. The predicted octanol–water partition coefficient (Wildman–Crippen LogP) is 2.17. The molecule has 0 unspecified atom stereocenters.